The van der Waals surface area contributed by atoms with E-state index in [-0.39, 0.29) is 17.6 Å². The summed E-state index contributed by atoms with van der Waals surface area (Å²) >= 11 is 0. The van der Waals surface area contributed by atoms with E-state index >= 15 is 0 Å². The molecule has 2 rings (SSSR count). The van der Waals surface area contributed by atoms with Crippen LogP contribution in [0.5, 0.6) is 11.6 Å². The topological polar surface area (TPSA) is 96.2 Å². The molecule has 7 heteroatoms. The third-order valence-electron chi connectivity index (χ3n) is 3.09. The first-order chi connectivity index (χ1) is 9.81. The second kappa shape index (κ2) is 5.43. The Hall–Kier alpha value is -2.57. The second-order valence-corrected chi connectivity index (χ2v) is 5.16. The Balaban J connectivity index is 2.54. The quantitative estimate of drug-likeness (QED) is 0.529. The van der Waals surface area contributed by atoms with Gasteiger partial charge in [0.25, 0.3) is 5.88 Å². The molecular formula is C14H18N4O3. The highest BCUT2D eigenvalue weighted by Crippen LogP contribution is 2.37. The molecule has 0 saturated carbocycles. The first-order valence-electron chi connectivity index (χ1n) is 6.58. The number of aromatic nitrogens is 2. The average Bonchev–Trinajstić information content (AvgIpc) is 2.70. The lowest BCUT2D eigenvalue weighted by Gasteiger charge is -2.12. The molecule has 0 bridgehead atoms. The maximum absolute atomic E-state index is 11.3. The molecule has 1 aromatic heterocycles. The van der Waals surface area contributed by atoms with Crippen LogP contribution in [-0.4, -0.2) is 14.7 Å². The summed E-state index contributed by atoms with van der Waals surface area (Å²) in [6, 6.07) is 5.09. The molecule has 0 aliphatic heterocycles. The van der Waals surface area contributed by atoms with Crippen molar-refractivity contribution in [2.45, 2.75) is 33.7 Å². The first kappa shape index (κ1) is 14.8. The molecule has 0 atom stereocenters. The van der Waals surface area contributed by atoms with Gasteiger partial charge in [-0.05, 0) is 51.5 Å². The monoisotopic (exact) mass is 290 g/mol. The second-order valence-electron chi connectivity index (χ2n) is 5.16. The minimum Gasteiger partial charge on any atom is -0.434 e. The maximum atomic E-state index is 11.3. The minimum atomic E-state index is -0.469. The zero-order valence-corrected chi connectivity index (χ0v) is 12.5. The molecule has 1 heterocycles. The molecular weight excluding hydrogens is 272 g/mol. The number of ether oxygens (including phenoxy) is 1. The van der Waals surface area contributed by atoms with Gasteiger partial charge in [0.1, 0.15) is 11.4 Å². The van der Waals surface area contributed by atoms with Crippen molar-refractivity contribution < 1.29 is 9.66 Å². The highest BCUT2D eigenvalue weighted by Gasteiger charge is 2.29. The van der Waals surface area contributed by atoms with Crippen molar-refractivity contribution in [2.75, 3.05) is 5.73 Å². The molecule has 112 valence electrons. The van der Waals surface area contributed by atoms with E-state index < -0.39 is 4.92 Å². The lowest BCUT2D eigenvalue weighted by atomic mass is 10.2. The number of anilines is 1. The molecule has 0 aliphatic rings. The Labute approximate surface area is 122 Å². The van der Waals surface area contributed by atoms with E-state index in [9.17, 15) is 10.1 Å². The van der Waals surface area contributed by atoms with Crippen molar-refractivity contribution in [3.63, 3.8) is 0 Å². The average molecular weight is 290 g/mol. The molecule has 1 aromatic carbocycles. The van der Waals surface area contributed by atoms with Gasteiger partial charge >= 0.3 is 5.69 Å². The lowest BCUT2D eigenvalue weighted by Crippen LogP contribution is -2.06. The van der Waals surface area contributed by atoms with Gasteiger partial charge in [0.05, 0.1) is 11.0 Å². The molecule has 0 amide bonds. The number of aryl methyl sites for hydroxylation is 2. The van der Waals surface area contributed by atoms with Gasteiger partial charge < -0.3 is 10.5 Å². The third kappa shape index (κ3) is 2.81. The van der Waals surface area contributed by atoms with Crippen LogP contribution in [0.1, 0.15) is 31.1 Å². The summed E-state index contributed by atoms with van der Waals surface area (Å²) in [5.74, 6) is 0.662. The van der Waals surface area contributed by atoms with E-state index in [4.69, 9.17) is 10.5 Å². The predicted molar refractivity (Wildman–Crippen MR) is 79.7 cm³/mol. The molecule has 0 saturated heterocycles. The summed E-state index contributed by atoms with van der Waals surface area (Å²) in [6.07, 6.45) is 0. The highest BCUT2D eigenvalue weighted by molar-refractivity contribution is 5.52. The number of benzene rings is 1. The molecule has 7 nitrogen and oxygen atoms in total. The number of hydrogen-bond donors (Lipinski definition) is 1. The van der Waals surface area contributed by atoms with Crippen LogP contribution in [0.25, 0.3) is 0 Å². The molecule has 0 unspecified atom stereocenters. The van der Waals surface area contributed by atoms with Gasteiger partial charge in [0, 0.05) is 5.69 Å². The molecule has 2 aromatic rings. The SMILES string of the molecule is Cc1cc(N)ccc1Oc1c([N+](=O)[O-])c(C)nn1C(C)C. The number of nitrogens with zero attached hydrogens (tertiary/aromatic N) is 3. The van der Waals surface area contributed by atoms with Crippen LogP contribution in [0.15, 0.2) is 18.2 Å². The van der Waals surface area contributed by atoms with Crippen molar-refractivity contribution in [1.29, 1.82) is 0 Å². The number of hydrogen-bond acceptors (Lipinski definition) is 5. The van der Waals surface area contributed by atoms with Gasteiger partial charge in [0.2, 0.25) is 0 Å². The zero-order valence-electron chi connectivity index (χ0n) is 12.5. The molecule has 0 radical (unpaired) electrons. The van der Waals surface area contributed by atoms with E-state index in [2.05, 4.69) is 5.10 Å². The van der Waals surface area contributed by atoms with Crippen LogP contribution in [0.3, 0.4) is 0 Å². The highest BCUT2D eigenvalue weighted by atomic mass is 16.6. The Morgan fingerprint density at radius 3 is 2.57 bits per heavy atom. The molecule has 2 N–H and O–H groups in total. The Morgan fingerprint density at radius 1 is 1.38 bits per heavy atom. The fourth-order valence-electron chi connectivity index (χ4n) is 2.06. The van der Waals surface area contributed by atoms with E-state index in [0.29, 0.717) is 17.1 Å². The minimum absolute atomic E-state index is 0.0542. The lowest BCUT2D eigenvalue weighted by molar-refractivity contribution is -0.386. The van der Waals surface area contributed by atoms with Gasteiger partial charge in [-0.2, -0.15) is 5.10 Å². The van der Waals surface area contributed by atoms with Crippen molar-refractivity contribution in [3.8, 4) is 11.6 Å². The summed E-state index contributed by atoms with van der Waals surface area (Å²) in [7, 11) is 0. The summed E-state index contributed by atoms with van der Waals surface area (Å²) < 4.78 is 7.29. The maximum Gasteiger partial charge on any atom is 0.353 e. The van der Waals surface area contributed by atoms with E-state index in [0.717, 1.165) is 5.56 Å². The number of nitrogens with two attached hydrogens (primary N) is 1. The smallest absolute Gasteiger partial charge is 0.353 e. The number of nitro groups is 1. The van der Waals surface area contributed by atoms with E-state index in [1.165, 1.54) is 4.68 Å². The zero-order chi connectivity index (χ0) is 15.7. The third-order valence-corrected chi connectivity index (χ3v) is 3.09. The van der Waals surface area contributed by atoms with Crippen LogP contribution in [0.4, 0.5) is 11.4 Å². The fourth-order valence-corrected chi connectivity index (χ4v) is 2.06. The molecule has 0 fully saturated rings. The Morgan fingerprint density at radius 2 is 2.05 bits per heavy atom. The Kier molecular flexibility index (Phi) is 3.84. The first-order valence-corrected chi connectivity index (χ1v) is 6.58. The van der Waals surface area contributed by atoms with Crippen LogP contribution >= 0.6 is 0 Å². The summed E-state index contributed by atoms with van der Waals surface area (Å²) in [5, 5.41) is 15.5. The Bertz CT molecular complexity index is 692. The van der Waals surface area contributed by atoms with Crippen LogP contribution in [0, 0.1) is 24.0 Å². The standard InChI is InChI=1S/C14H18N4O3/c1-8(2)17-14(13(18(19)20)10(4)16-17)21-12-6-5-11(15)7-9(12)3/h5-8H,15H2,1-4H3. The van der Waals surface area contributed by atoms with Crippen LogP contribution in [0.2, 0.25) is 0 Å². The fraction of sp³-hybridized carbons (Fsp3) is 0.357. The molecule has 0 aliphatic carbocycles. The van der Waals surface area contributed by atoms with Gasteiger partial charge in [-0.15, -0.1) is 0 Å². The van der Waals surface area contributed by atoms with Crippen molar-refractivity contribution in [3.05, 3.63) is 39.6 Å². The normalized spacial score (nSPS) is 10.9. The van der Waals surface area contributed by atoms with Gasteiger partial charge in [-0.1, -0.05) is 0 Å². The molecule has 21 heavy (non-hydrogen) atoms. The van der Waals surface area contributed by atoms with Gasteiger partial charge in [0.15, 0.2) is 0 Å². The van der Waals surface area contributed by atoms with Crippen molar-refractivity contribution >= 4 is 11.4 Å². The van der Waals surface area contributed by atoms with E-state index in [1.807, 2.05) is 20.8 Å². The van der Waals surface area contributed by atoms with Crippen molar-refractivity contribution in [1.82, 2.24) is 9.78 Å². The summed E-state index contributed by atoms with van der Waals surface area (Å²) in [6.45, 7) is 7.21. The van der Waals surface area contributed by atoms with Gasteiger partial charge in [-0.25, -0.2) is 4.68 Å². The predicted octanol–water partition coefficient (Wildman–Crippen LogP) is 3.36. The molecule has 0 spiro atoms. The van der Waals surface area contributed by atoms with Gasteiger partial charge in [-0.3, -0.25) is 10.1 Å². The summed E-state index contributed by atoms with van der Waals surface area (Å²) in [5.41, 5.74) is 7.34. The van der Waals surface area contributed by atoms with Crippen LogP contribution in [-0.2, 0) is 0 Å². The summed E-state index contributed by atoms with van der Waals surface area (Å²) in [4.78, 5) is 10.8. The number of nitrogen functional groups attached to an aromatic ring is 1. The largest absolute Gasteiger partial charge is 0.434 e. The number of rotatable bonds is 4. The van der Waals surface area contributed by atoms with Crippen LogP contribution < -0.4 is 10.5 Å². The van der Waals surface area contributed by atoms with Crippen molar-refractivity contribution in [2.24, 2.45) is 0 Å². The van der Waals surface area contributed by atoms with E-state index in [1.54, 1.807) is 25.1 Å².